The quantitative estimate of drug-likeness (QED) is 0.851. The number of hydrogen-bond donors (Lipinski definition) is 1. The van der Waals surface area contributed by atoms with Gasteiger partial charge in [-0.2, -0.15) is 5.26 Å². The molecule has 80 valence electrons. The SMILES string of the molecule is N#CCSc1n[nH]c(-c2ccc(Cl)cc2)n1. The summed E-state index contributed by atoms with van der Waals surface area (Å²) >= 11 is 7.08. The molecule has 1 N–H and O–H groups in total. The summed E-state index contributed by atoms with van der Waals surface area (Å²) in [5.41, 5.74) is 0.917. The predicted octanol–water partition coefficient (Wildman–Crippen LogP) is 2.74. The van der Waals surface area contributed by atoms with E-state index in [9.17, 15) is 0 Å². The highest BCUT2D eigenvalue weighted by molar-refractivity contribution is 7.99. The molecule has 0 bridgehead atoms. The van der Waals surface area contributed by atoms with E-state index in [0.717, 1.165) is 5.56 Å². The van der Waals surface area contributed by atoms with Gasteiger partial charge in [-0.25, -0.2) is 4.98 Å². The van der Waals surface area contributed by atoms with Crippen LogP contribution in [0.25, 0.3) is 11.4 Å². The summed E-state index contributed by atoms with van der Waals surface area (Å²) in [4.78, 5) is 4.25. The Morgan fingerprint density at radius 1 is 1.38 bits per heavy atom. The van der Waals surface area contributed by atoms with E-state index in [-0.39, 0.29) is 0 Å². The second-order valence-electron chi connectivity index (χ2n) is 2.92. The Hall–Kier alpha value is -1.51. The van der Waals surface area contributed by atoms with Crippen LogP contribution in [-0.2, 0) is 0 Å². The minimum Gasteiger partial charge on any atom is -0.258 e. The van der Waals surface area contributed by atoms with Gasteiger partial charge in [-0.1, -0.05) is 23.4 Å². The first-order chi connectivity index (χ1) is 7.79. The Bertz CT molecular complexity index is 514. The molecule has 0 aliphatic rings. The number of halogens is 1. The maximum atomic E-state index is 8.43. The van der Waals surface area contributed by atoms with E-state index < -0.39 is 0 Å². The van der Waals surface area contributed by atoms with Crippen molar-refractivity contribution in [3.8, 4) is 17.5 Å². The molecule has 0 aliphatic heterocycles. The fraction of sp³-hybridized carbons (Fsp3) is 0.100. The number of aromatic nitrogens is 3. The highest BCUT2D eigenvalue weighted by Crippen LogP contribution is 2.20. The monoisotopic (exact) mass is 250 g/mol. The largest absolute Gasteiger partial charge is 0.258 e. The molecule has 2 aromatic rings. The van der Waals surface area contributed by atoms with Crippen molar-refractivity contribution >= 4 is 23.4 Å². The number of H-pyrrole nitrogens is 1. The van der Waals surface area contributed by atoms with Gasteiger partial charge in [0.1, 0.15) is 0 Å². The van der Waals surface area contributed by atoms with E-state index in [0.29, 0.717) is 21.8 Å². The van der Waals surface area contributed by atoms with Gasteiger partial charge in [0.2, 0.25) is 5.16 Å². The topological polar surface area (TPSA) is 65.4 Å². The summed E-state index contributed by atoms with van der Waals surface area (Å²) in [7, 11) is 0. The first-order valence-corrected chi connectivity index (χ1v) is 5.84. The number of aromatic amines is 1. The lowest BCUT2D eigenvalue weighted by Crippen LogP contribution is -1.80. The molecule has 1 aromatic carbocycles. The van der Waals surface area contributed by atoms with E-state index in [1.807, 2.05) is 18.2 Å². The lowest BCUT2D eigenvalue weighted by atomic mass is 10.2. The molecule has 0 atom stereocenters. The zero-order valence-electron chi connectivity index (χ0n) is 8.14. The Morgan fingerprint density at radius 2 is 2.12 bits per heavy atom. The van der Waals surface area contributed by atoms with E-state index in [4.69, 9.17) is 16.9 Å². The molecule has 1 aromatic heterocycles. The number of rotatable bonds is 3. The van der Waals surface area contributed by atoms with Gasteiger partial charge in [-0.3, -0.25) is 5.10 Å². The van der Waals surface area contributed by atoms with Crippen LogP contribution in [0.5, 0.6) is 0 Å². The molecule has 0 saturated carbocycles. The average Bonchev–Trinajstić information content (AvgIpc) is 2.76. The van der Waals surface area contributed by atoms with Crippen LogP contribution in [0, 0.1) is 11.3 Å². The van der Waals surface area contributed by atoms with E-state index in [2.05, 4.69) is 15.2 Å². The van der Waals surface area contributed by atoms with E-state index in [1.54, 1.807) is 12.1 Å². The molecule has 0 saturated heterocycles. The zero-order chi connectivity index (χ0) is 11.4. The first kappa shape index (κ1) is 11.0. The van der Waals surface area contributed by atoms with Crippen LogP contribution in [0.4, 0.5) is 0 Å². The van der Waals surface area contributed by atoms with Gasteiger partial charge in [-0.05, 0) is 24.3 Å². The van der Waals surface area contributed by atoms with Crippen molar-refractivity contribution in [3.63, 3.8) is 0 Å². The second-order valence-corrected chi connectivity index (χ2v) is 4.30. The lowest BCUT2D eigenvalue weighted by Gasteiger charge is -1.94. The van der Waals surface area contributed by atoms with Crippen molar-refractivity contribution in [2.24, 2.45) is 0 Å². The van der Waals surface area contributed by atoms with Crippen LogP contribution in [0.15, 0.2) is 29.4 Å². The van der Waals surface area contributed by atoms with Crippen LogP contribution < -0.4 is 0 Å². The Kier molecular flexibility index (Phi) is 3.44. The minimum atomic E-state index is 0.345. The summed E-state index contributed by atoms with van der Waals surface area (Å²) in [5, 5.41) is 16.5. The minimum absolute atomic E-state index is 0.345. The molecule has 0 spiro atoms. The van der Waals surface area contributed by atoms with Gasteiger partial charge in [0, 0.05) is 10.6 Å². The number of nitrogens with zero attached hydrogens (tertiary/aromatic N) is 3. The molecule has 6 heteroatoms. The molecule has 0 fully saturated rings. The summed E-state index contributed by atoms with van der Waals surface area (Å²) in [6.07, 6.45) is 0. The van der Waals surface area contributed by atoms with Crippen LogP contribution in [0.3, 0.4) is 0 Å². The van der Waals surface area contributed by atoms with Crippen molar-refractivity contribution in [3.05, 3.63) is 29.3 Å². The highest BCUT2D eigenvalue weighted by Gasteiger charge is 2.05. The molecule has 2 rings (SSSR count). The first-order valence-electron chi connectivity index (χ1n) is 4.47. The van der Waals surface area contributed by atoms with Crippen LogP contribution >= 0.6 is 23.4 Å². The number of nitriles is 1. The predicted molar refractivity (Wildman–Crippen MR) is 63.2 cm³/mol. The normalized spacial score (nSPS) is 10.0. The summed E-state index contributed by atoms with van der Waals surface area (Å²) in [5.74, 6) is 1.02. The number of thioether (sulfide) groups is 1. The second kappa shape index (κ2) is 5.01. The third kappa shape index (κ3) is 2.54. The maximum Gasteiger partial charge on any atom is 0.209 e. The molecular weight excluding hydrogens is 244 g/mol. The van der Waals surface area contributed by atoms with Crippen molar-refractivity contribution in [1.29, 1.82) is 5.26 Å². The van der Waals surface area contributed by atoms with Crippen LogP contribution in [0.2, 0.25) is 5.02 Å². The summed E-state index contributed by atoms with van der Waals surface area (Å²) in [6.45, 7) is 0. The zero-order valence-corrected chi connectivity index (χ0v) is 9.72. The smallest absolute Gasteiger partial charge is 0.209 e. The molecule has 1 heterocycles. The molecular formula is C10H7ClN4S. The number of nitrogens with one attached hydrogen (secondary N) is 1. The van der Waals surface area contributed by atoms with E-state index >= 15 is 0 Å². The molecule has 4 nitrogen and oxygen atoms in total. The Morgan fingerprint density at radius 3 is 2.81 bits per heavy atom. The molecule has 0 unspecified atom stereocenters. The number of benzene rings is 1. The van der Waals surface area contributed by atoms with Crippen LogP contribution in [-0.4, -0.2) is 20.9 Å². The maximum absolute atomic E-state index is 8.43. The van der Waals surface area contributed by atoms with Crippen molar-refractivity contribution in [1.82, 2.24) is 15.2 Å². The molecule has 16 heavy (non-hydrogen) atoms. The number of hydrogen-bond acceptors (Lipinski definition) is 4. The van der Waals surface area contributed by atoms with Gasteiger partial charge in [0.15, 0.2) is 5.82 Å². The van der Waals surface area contributed by atoms with Crippen molar-refractivity contribution < 1.29 is 0 Å². The van der Waals surface area contributed by atoms with Crippen molar-refractivity contribution in [2.75, 3.05) is 5.75 Å². The van der Waals surface area contributed by atoms with Gasteiger partial charge in [-0.15, -0.1) is 5.10 Å². The average molecular weight is 251 g/mol. The molecule has 0 amide bonds. The highest BCUT2D eigenvalue weighted by atomic mass is 35.5. The third-order valence-electron chi connectivity index (χ3n) is 1.85. The fourth-order valence-electron chi connectivity index (χ4n) is 1.14. The summed E-state index contributed by atoms with van der Waals surface area (Å²) in [6, 6.07) is 9.34. The standard InChI is InChI=1S/C10H7ClN4S/c11-8-3-1-7(2-4-8)9-13-10(15-14-9)16-6-5-12/h1-4H,6H2,(H,13,14,15). The Balaban J connectivity index is 2.18. The van der Waals surface area contributed by atoms with Gasteiger partial charge in [0.25, 0.3) is 0 Å². The van der Waals surface area contributed by atoms with Gasteiger partial charge in [0.05, 0.1) is 11.8 Å². The lowest BCUT2D eigenvalue weighted by molar-refractivity contribution is 0.975. The third-order valence-corrected chi connectivity index (χ3v) is 2.81. The molecule has 0 radical (unpaired) electrons. The van der Waals surface area contributed by atoms with Crippen molar-refractivity contribution in [2.45, 2.75) is 5.16 Å². The van der Waals surface area contributed by atoms with Gasteiger partial charge >= 0.3 is 0 Å². The van der Waals surface area contributed by atoms with E-state index in [1.165, 1.54) is 11.8 Å². The fourth-order valence-corrected chi connectivity index (χ4v) is 1.73. The molecule has 0 aliphatic carbocycles. The Labute approximate surface area is 102 Å². The summed E-state index contributed by atoms with van der Waals surface area (Å²) < 4.78 is 0. The van der Waals surface area contributed by atoms with Crippen LogP contribution in [0.1, 0.15) is 0 Å². The van der Waals surface area contributed by atoms with Gasteiger partial charge < -0.3 is 0 Å².